The molecule has 26 heavy (non-hydrogen) atoms. The summed E-state index contributed by atoms with van der Waals surface area (Å²) in [7, 11) is 0. The zero-order chi connectivity index (χ0) is 17.8. The lowest BCUT2D eigenvalue weighted by Gasteiger charge is -2.16. The Hall–Kier alpha value is -2.84. The maximum Gasteiger partial charge on any atom is 0.127 e. The molecule has 4 rings (SSSR count). The summed E-state index contributed by atoms with van der Waals surface area (Å²) in [6.07, 6.45) is 5.12. The van der Waals surface area contributed by atoms with Crippen molar-refractivity contribution in [3.63, 3.8) is 0 Å². The highest BCUT2D eigenvalue weighted by Gasteiger charge is 2.13. The van der Waals surface area contributed by atoms with E-state index in [9.17, 15) is 0 Å². The second-order valence-electron chi connectivity index (χ2n) is 6.14. The molecule has 0 spiro atoms. The molecule has 0 atom stereocenters. The van der Waals surface area contributed by atoms with Crippen molar-refractivity contribution < 1.29 is 4.74 Å². The van der Waals surface area contributed by atoms with E-state index in [0.29, 0.717) is 5.02 Å². The first-order valence-electron chi connectivity index (χ1n) is 8.62. The van der Waals surface area contributed by atoms with Crippen molar-refractivity contribution >= 4 is 23.4 Å². The maximum atomic E-state index is 5.95. The van der Waals surface area contributed by atoms with Crippen LogP contribution in [0.3, 0.4) is 0 Å². The summed E-state index contributed by atoms with van der Waals surface area (Å²) in [5.74, 6) is 1.61. The minimum Gasteiger partial charge on any atom is -0.457 e. The molecule has 0 fully saturated rings. The van der Waals surface area contributed by atoms with E-state index in [1.807, 2.05) is 48.5 Å². The van der Waals surface area contributed by atoms with Crippen molar-refractivity contribution in [3.8, 4) is 11.5 Å². The number of aliphatic imine (C=N–C) groups is 1. The Kier molecular flexibility index (Phi) is 4.85. The Morgan fingerprint density at radius 1 is 0.846 bits per heavy atom. The molecule has 0 aliphatic carbocycles. The first kappa shape index (κ1) is 16.6. The van der Waals surface area contributed by atoms with Gasteiger partial charge in [0.2, 0.25) is 0 Å². The van der Waals surface area contributed by atoms with Gasteiger partial charge in [-0.05, 0) is 66.1 Å². The number of hydrogen-bond acceptors (Lipinski definition) is 2. The number of rotatable bonds is 4. The molecule has 3 aromatic rings. The van der Waals surface area contributed by atoms with Crippen molar-refractivity contribution in [1.29, 1.82) is 0 Å². The molecule has 1 heterocycles. The highest BCUT2D eigenvalue weighted by Crippen LogP contribution is 2.27. The van der Waals surface area contributed by atoms with Crippen LogP contribution in [0.2, 0.25) is 5.02 Å². The van der Waals surface area contributed by atoms with Crippen molar-refractivity contribution in [2.75, 3.05) is 6.54 Å². The number of benzene rings is 3. The SMILES string of the molecule is Clc1ccc(Oc2ccc3c(c2)CCN=C3/C=C/c2ccccc2)cc1. The van der Waals surface area contributed by atoms with Crippen molar-refractivity contribution in [2.24, 2.45) is 4.99 Å². The lowest BCUT2D eigenvalue weighted by Crippen LogP contribution is -2.10. The molecular formula is C23H18ClNO. The summed E-state index contributed by atoms with van der Waals surface area (Å²) >= 11 is 5.92. The average Bonchev–Trinajstić information content (AvgIpc) is 2.69. The van der Waals surface area contributed by atoms with Crippen LogP contribution in [-0.4, -0.2) is 12.3 Å². The first-order chi connectivity index (χ1) is 12.8. The van der Waals surface area contributed by atoms with Gasteiger partial charge in [-0.25, -0.2) is 0 Å². The number of nitrogens with zero attached hydrogens (tertiary/aromatic N) is 1. The number of hydrogen-bond donors (Lipinski definition) is 0. The van der Waals surface area contributed by atoms with Gasteiger partial charge in [-0.1, -0.05) is 48.0 Å². The van der Waals surface area contributed by atoms with Gasteiger partial charge in [0.05, 0.1) is 5.71 Å². The topological polar surface area (TPSA) is 21.6 Å². The Morgan fingerprint density at radius 2 is 1.62 bits per heavy atom. The fourth-order valence-electron chi connectivity index (χ4n) is 2.99. The molecule has 0 unspecified atom stereocenters. The van der Waals surface area contributed by atoms with E-state index in [0.717, 1.165) is 30.2 Å². The third-order valence-corrected chi connectivity index (χ3v) is 4.55. The van der Waals surface area contributed by atoms with Gasteiger partial charge in [-0.15, -0.1) is 0 Å². The van der Waals surface area contributed by atoms with Gasteiger partial charge < -0.3 is 4.74 Å². The lowest BCUT2D eigenvalue weighted by molar-refractivity contribution is 0.482. The van der Waals surface area contributed by atoms with Crippen LogP contribution < -0.4 is 4.74 Å². The smallest absolute Gasteiger partial charge is 0.127 e. The van der Waals surface area contributed by atoms with Crippen LogP contribution in [0.1, 0.15) is 16.7 Å². The molecule has 0 saturated carbocycles. The van der Waals surface area contributed by atoms with Gasteiger partial charge in [0.25, 0.3) is 0 Å². The molecule has 0 radical (unpaired) electrons. The van der Waals surface area contributed by atoms with Gasteiger partial charge in [0.15, 0.2) is 0 Å². The Bertz CT molecular complexity index is 959. The second-order valence-corrected chi connectivity index (χ2v) is 6.57. The molecule has 2 nitrogen and oxygen atoms in total. The van der Waals surface area contributed by atoms with Crippen LogP contribution >= 0.6 is 11.6 Å². The molecule has 1 aliphatic rings. The summed E-state index contributed by atoms with van der Waals surface area (Å²) < 4.78 is 5.95. The quantitative estimate of drug-likeness (QED) is 0.544. The minimum absolute atomic E-state index is 0.703. The van der Waals surface area contributed by atoms with E-state index in [-0.39, 0.29) is 0 Å². The molecule has 3 heteroatoms. The summed E-state index contributed by atoms with van der Waals surface area (Å²) in [6.45, 7) is 0.797. The Labute approximate surface area is 158 Å². The van der Waals surface area contributed by atoms with Crippen LogP contribution in [0.25, 0.3) is 6.08 Å². The van der Waals surface area contributed by atoms with E-state index < -0.39 is 0 Å². The third kappa shape index (κ3) is 3.87. The standard InChI is InChI=1S/C23H18ClNO/c24-19-7-9-20(10-8-19)26-21-11-12-22-18(16-21)14-15-25-23(22)13-6-17-4-2-1-3-5-17/h1-13,16H,14-15H2/b13-6+. The fraction of sp³-hybridized carbons (Fsp3) is 0.0870. The largest absolute Gasteiger partial charge is 0.457 e. The molecule has 3 aromatic carbocycles. The molecular weight excluding hydrogens is 342 g/mol. The molecule has 0 aromatic heterocycles. The fourth-order valence-corrected chi connectivity index (χ4v) is 3.12. The van der Waals surface area contributed by atoms with E-state index >= 15 is 0 Å². The molecule has 0 saturated heterocycles. The highest BCUT2D eigenvalue weighted by atomic mass is 35.5. The third-order valence-electron chi connectivity index (χ3n) is 4.30. The molecule has 128 valence electrons. The van der Waals surface area contributed by atoms with Gasteiger partial charge >= 0.3 is 0 Å². The van der Waals surface area contributed by atoms with Crippen molar-refractivity contribution in [1.82, 2.24) is 0 Å². The molecule has 0 bridgehead atoms. The van der Waals surface area contributed by atoms with E-state index in [1.165, 1.54) is 16.7 Å². The second kappa shape index (κ2) is 7.59. The molecule has 1 aliphatic heterocycles. The summed E-state index contributed by atoms with van der Waals surface area (Å²) in [5.41, 5.74) is 4.63. The maximum absolute atomic E-state index is 5.95. The Balaban J connectivity index is 1.55. The minimum atomic E-state index is 0.703. The van der Waals surface area contributed by atoms with Crippen LogP contribution in [0.4, 0.5) is 0 Å². The predicted molar refractivity (Wildman–Crippen MR) is 109 cm³/mol. The van der Waals surface area contributed by atoms with Crippen molar-refractivity contribution in [3.05, 3.63) is 101 Å². The zero-order valence-corrected chi connectivity index (χ0v) is 15.0. The van der Waals surface area contributed by atoms with E-state index in [2.05, 4.69) is 41.4 Å². The van der Waals surface area contributed by atoms with Crippen molar-refractivity contribution in [2.45, 2.75) is 6.42 Å². The van der Waals surface area contributed by atoms with Gasteiger partial charge in [0, 0.05) is 17.1 Å². The van der Waals surface area contributed by atoms with Crippen LogP contribution in [0, 0.1) is 0 Å². The summed E-state index contributed by atoms with van der Waals surface area (Å²) in [6, 6.07) is 23.9. The number of halogens is 1. The monoisotopic (exact) mass is 359 g/mol. The normalized spacial score (nSPS) is 13.3. The van der Waals surface area contributed by atoms with Crippen LogP contribution in [-0.2, 0) is 6.42 Å². The molecule has 0 amide bonds. The van der Waals surface area contributed by atoms with E-state index in [1.54, 1.807) is 0 Å². The zero-order valence-electron chi connectivity index (χ0n) is 14.2. The van der Waals surface area contributed by atoms with Gasteiger partial charge in [-0.2, -0.15) is 0 Å². The highest BCUT2D eigenvalue weighted by molar-refractivity contribution is 6.30. The Morgan fingerprint density at radius 3 is 2.42 bits per heavy atom. The number of allylic oxidation sites excluding steroid dienone is 1. The number of fused-ring (bicyclic) bond motifs is 1. The van der Waals surface area contributed by atoms with Crippen LogP contribution in [0.5, 0.6) is 11.5 Å². The predicted octanol–water partition coefficient (Wildman–Crippen LogP) is 6.19. The summed E-state index contributed by atoms with van der Waals surface area (Å²) in [5, 5.41) is 0.703. The van der Waals surface area contributed by atoms with Crippen LogP contribution in [0.15, 0.2) is 83.9 Å². The van der Waals surface area contributed by atoms with Gasteiger partial charge in [-0.3, -0.25) is 4.99 Å². The average molecular weight is 360 g/mol. The first-order valence-corrected chi connectivity index (χ1v) is 9.00. The van der Waals surface area contributed by atoms with E-state index in [4.69, 9.17) is 16.3 Å². The number of ether oxygens (including phenoxy) is 1. The van der Waals surface area contributed by atoms with Gasteiger partial charge in [0.1, 0.15) is 11.5 Å². The lowest BCUT2D eigenvalue weighted by atomic mass is 9.96. The molecule has 0 N–H and O–H groups in total. The summed E-state index contributed by atoms with van der Waals surface area (Å²) in [4.78, 5) is 4.68.